The van der Waals surface area contributed by atoms with E-state index in [4.69, 9.17) is 0 Å². The number of benzene rings is 1. The maximum Gasteiger partial charge on any atom is 0.100 e. The van der Waals surface area contributed by atoms with E-state index in [0.29, 0.717) is 0 Å². The predicted octanol–water partition coefficient (Wildman–Crippen LogP) is 2.49. The quantitative estimate of drug-likeness (QED) is 0.701. The van der Waals surface area contributed by atoms with E-state index in [0.717, 1.165) is 11.3 Å². The van der Waals surface area contributed by atoms with E-state index in [1.54, 1.807) is 6.20 Å². The summed E-state index contributed by atoms with van der Waals surface area (Å²) >= 11 is 0. The Labute approximate surface area is 77.6 Å². The van der Waals surface area contributed by atoms with Crippen molar-refractivity contribution >= 4 is 0 Å². The zero-order chi connectivity index (χ0) is 9.26. The Kier molecular flexibility index (Phi) is 1.89. The average molecular weight is 171 g/mol. The van der Waals surface area contributed by atoms with Crippen LogP contribution < -0.4 is 0 Å². The fraction of sp³-hybridized carbons (Fsp3) is 0.182. The normalized spacial score (nSPS) is 10.3. The van der Waals surface area contributed by atoms with Gasteiger partial charge in [-0.3, -0.25) is 5.10 Å². The third-order valence-corrected chi connectivity index (χ3v) is 1.94. The average Bonchev–Trinajstić information content (AvgIpc) is 2.53. The van der Waals surface area contributed by atoms with Crippen LogP contribution >= 0.6 is 0 Å². The summed E-state index contributed by atoms with van der Waals surface area (Å²) in [5.74, 6) is 0. The van der Waals surface area contributed by atoms with Gasteiger partial charge in [-0.05, 0) is 26.0 Å². The second-order valence-electron chi connectivity index (χ2n) is 3.25. The topological polar surface area (TPSA) is 28.7 Å². The second kappa shape index (κ2) is 3.05. The summed E-state index contributed by atoms with van der Waals surface area (Å²) in [7, 11) is 0. The Morgan fingerprint density at radius 1 is 1.15 bits per heavy atom. The first-order valence-electron chi connectivity index (χ1n) is 4.26. The van der Waals surface area contributed by atoms with Crippen molar-refractivity contribution in [3.05, 3.63) is 41.6 Å². The van der Waals surface area contributed by atoms with E-state index in [1.807, 2.05) is 0 Å². The summed E-state index contributed by atoms with van der Waals surface area (Å²) in [4.78, 5) is 0. The first kappa shape index (κ1) is 8.05. The zero-order valence-corrected chi connectivity index (χ0v) is 7.76. The van der Waals surface area contributed by atoms with Crippen LogP contribution in [-0.2, 0) is 0 Å². The van der Waals surface area contributed by atoms with Crippen LogP contribution in [0.2, 0.25) is 0 Å². The number of rotatable bonds is 1. The minimum atomic E-state index is 0.881. The monoisotopic (exact) mass is 171 g/mol. The number of H-pyrrole nitrogens is 1. The summed E-state index contributed by atoms with van der Waals surface area (Å²) in [6.07, 6.45) is 1.72. The number of hydrogen-bond acceptors (Lipinski definition) is 1. The van der Waals surface area contributed by atoms with E-state index in [-0.39, 0.29) is 0 Å². The SMILES string of the molecule is Cc1cc(C)cc(-c2[c]c[nH]n2)c1. The maximum atomic E-state index is 4.09. The Morgan fingerprint density at radius 2 is 1.85 bits per heavy atom. The Bertz CT molecular complexity index is 382. The van der Waals surface area contributed by atoms with Crippen molar-refractivity contribution in [1.82, 2.24) is 10.2 Å². The van der Waals surface area contributed by atoms with Gasteiger partial charge in [0.2, 0.25) is 0 Å². The van der Waals surface area contributed by atoms with Gasteiger partial charge in [0.1, 0.15) is 5.69 Å². The van der Waals surface area contributed by atoms with E-state index in [2.05, 4.69) is 48.3 Å². The lowest BCUT2D eigenvalue weighted by Crippen LogP contribution is -1.82. The molecule has 2 aromatic rings. The van der Waals surface area contributed by atoms with Crippen LogP contribution in [0.1, 0.15) is 11.1 Å². The molecule has 1 radical (unpaired) electrons. The molecule has 1 aromatic carbocycles. The molecule has 0 aliphatic heterocycles. The molecule has 1 N–H and O–H groups in total. The van der Waals surface area contributed by atoms with Gasteiger partial charge in [0.15, 0.2) is 0 Å². The highest BCUT2D eigenvalue weighted by atomic mass is 15.1. The molecule has 0 bridgehead atoms. The van der Waals surface area contributed by atoms with Crippen molar-refractivity contribution in [2.45, 2.75) is 13.8 Å². The smallest absolute Gasteiger partial charge is 0.100 e. The van der Waals surface area contributed by atoms with Crippen molar-refractivity contribution in [2.75, 3.05) is 0 Å². The van der Waals surface area contributed by atoms with Gasteiger partial charge in [-0.25, -0.2) is 0 Å². The van der Waals surface area contributed by atoms with Crippen molar-refractivity contribution < 1.29 is 0 Å². The number of nitrogens with zero attached hydrogens (tertiary/aromatic N) is 1. The standard InChI is InChI=1S/C11H11N2/c1-8-5-9(2)7-10(6-8)11-3-4-12-13-11/h4-7H,1-2H3,(H,12,13). The maximum absolute atomic E-state index is 4.09. The van der Waals surface area contributed by atoms with Crippen molar-refractivity contribution in [2.24, 2.45) is 0 Å². The van der Waals surface area contributed by atoms with E-state index in [1.165, 1.54) is 11.1 Å². The second-order valence-corrected chi connectivity index (χ2v) is 3.25. The third kappa shape index (κ3) is 1.61. The number of nitrogens with one attached hydrogen (secondary N) is 1. The highest BCUT2D eigenvalue weighted by Crippen LogP contribution is 2.18. The summed E-state index contributed by atoms with van der Waals surface area (Å²) in [6, 6.07) is 9.41. The third-order valence-electron chi connectivity index (χ3n) is 1.94. The molecule has 1 heterocycles. The Balaban J connectivity index is 2.53. The van der Waals surface area contributed by atoms with Crippen molar-refractivity contribution in [3.63, 3.8) is 0 Å². The first-order chi connectivity index (χ1) is 6.25. The van der Waals surface area contributed by atoms with Crippen LogP contribution in [0.4, 0.5) is 0 Å². The number of aromatic amines is 1. The fourth-order valence-corrected chi connectivity index (χ4v) is 1.49. The molecular weight excluding hydrogens is 160 g/mol. The number of hydrogen-bond donors (Lipinski definition) is 1. The molecule has 0 saturated carbocycles. The lowest BCUT2D eigenvalue weighted by molar-refractivity contribution is 1.09. The van der Waals surface area contributed by atoms with Gasteiger partial charge in [0.05, 0.1) is 0 Å². The molecule has 0 aliphatic carbocycles. The van der Waals surface area contributed by atoms with Crippen molar-refractivity contribution in [1.29, 1.82) is 0 Å². The molecule has 2 rings (SSSR count). The highest BCUT2D eigenvalue weighted by Gasteiger charge is 2.00. The molecule has 65 valence electrons. The lowest BCUT2D eigenvalue weighted by atomic mass is 10.1. The summed E-state index contributed by atoms with van der Waals surface area (Å²) in [6.45, 7) is 4.17. The molecule has 0 aliphatic rings. The molecule has 0 saturated heterocycles. The van der Waals surface area contributed by atoms with Gasteiger partial charge in [0.25, 0.3) is 0 Å². The van der Waals surface area contributed by atoms with E-state index < -0.39 is 0 Å². The van der Waals surface area contributed by atoms with Gasteiger partial charge >= 0.3 is 0 Å². The van der Waals surface area contributed by atoms with Crippen LogP contribution in [0.15, 0.2) is 24.4 Å². The molecule has 0 spiro atoms. The minimum Gasteiger partial charge on any atom is -0.284 e. The molecule has 13 heavy (non-hydrogen) atoms. The Hall–Kier alpha value is -1.57. The largest absolute Gasteiger partial charge is 0.284 e. The van der Waals surface area contributed by atoms with Crippen LogP contribution in [0.5, 0.6) is 0 Å². The molecule has 0 unspecified atom stereocenters. The van der Waals surface area contributed by atoms with E-state index >= 15 is 0 Å². The zero-order valence-electron chi connectivity index (χ0n) is 7.76. The van der Waals surface area contributed by atoms with Crippen LogP contribution in [0.3, 0.4) is 0 Å². The first-order valence-corrected chi connectivity index (χ1v) is 4.26. The molecule has 0 amide bonds. The van der Waals surface area contributed by atoms with Crippen LogP contribution in [0.25, 0.3) is 11.3 Å². The molecule has 1 aromatic heterocycles. The van der Waals surface area contributed by atoms with Gasteiger partial charge in [-0.1, -0.05) is 17.2 Å². The lowest BCUT2D eigenvalue weighted by Gasteiger charge is -2.00. The Morgan fingerprint density at radius 3 is 2.38 bits per heavy atom. The van der Waals surface area contributed by atoms with Crippen LogP contribution in [0, 0.1) is 19.9 Å². The van der Waals surface area contributed by atoms with Gasteiger partial charge in [-0.2, -0.15) is 5.10 Å². The van der Waals surface area contributed by atoms with Crippen LogP contribution in [-0.4, -0.2) is 10.2 Å². The minimum absolute atomic E-state index is 0.881. The number of aryl methyl sites for hydroxylation is 2. The van der Waals surface area contributed by atoms with Gasteiger partial charge in [-0.15, -0.1) is 0 Å². The predicted molar refractivity (Wildman–Crippen MR) is 52.3 cm³/mol. The van der Waals surface area contributed by atoms with Crippen molar-refractivity contribution in [3.8, 4) is 11.3 Å². The number of aromatic nitrogens is 2. The molecule has 0 fully saturated rings. The summed E-state index contributed by atoms with van der Waals surface area (Å²) in [5, 5.41) is 6.85. The fourth-order valence-electron chi connectivity index (χ4n) is 1.49. The molecule has 2 nitrogen and oxygen atoms in total. The highest BCUT2D eigenvalue weighted by molar-refractivity contribution is 5.59. The van der Waals surface area contributed by atoms with E-state index in [9.17, 15) is 0 Å². The molecule has 0 atom stereocenters. The summed E-state index contributed by atoms with van der Waals surface area (Å²) in [5.41, 5.74) is 4.52. The van der Waals surface area contributed by atoms with Gasteiger partial charge in [0, 0.05) is 17.8 Å². The summed E-state index contributed by atoms with van der Waals surface area (Å²) < 4.78 is 0. The van der Waals surface area contributed by atoms with Gasteiger partial charge < -0.3 is 0 Å². The molecular formula is C11H11N2. The molecule has 2 heteroatoms.